The number of carbonyl (C=O) groups is 1. The fourth-order valence-electron chi connectivity index (χ4n) is 2.84. The standard InChI is InChI=1S/C18H20N2O/c19-17(21)16(14-7-3-1-4-8-14)20-13-18(11-12-18)15-9-5-2-6-10-15/h1-10,16,20H,11-13H2,(H2,19,21)/t16-/m0/s1. The van der Waals surface area contributed by atoms with Gasteiger partial charge in [0.2, 0.25) is 5.91 Å². The minimum absolute atomic E-state index is 0.170. The largest absolute Gasteiger partial charge is 0.368 e. The summed E-state index contributed by atoms with van der Waals surface area (Å²) in [6.45, 7) is 0.777. The van der Waals surface area contributed by atoms with Crippen molar-refractivity contribution in [1.82, 2.24) is 5.32 Å². The Kier molecular flexibility index (Phi) is 3.76. The minimum Gasteiger partial charge on any atom is -0.368 e. The molecule has 0 radical (unpaired) electrons. The van der Waals surface area contributed by atoms with E-state index in [1.54, 1.807) is 0 Å². The fourth-order valence-corrected chi connectivity index (χ4v) is 2.84. The first-order chi connectivity index (χ1) is 10.2. The number of hydrogen-bond acceptors (Lipinski definition) is 2. The molecule has 2 aromatic rings. The van der Waals surface area contributed by atoms with E-state index in [-0.39, 0.29) is 11.3 Å². The smallest absolute Gasteiger partial charge is 0.239 e. The summed E-state index contributed by atoms with van der Waals surface area (Å²) in [5, 5.41) is 3.36. The molecular formula is C18H20N2O. The van der Waals surface area contributed by atoms with Crippen LogP contribution in [0.1, 0.15) is 30.0 Å². The van der Waals surface area contributed by atoms with Crippen molar-refractivity contribution in [2.24, 2.45) is 5.73 Å². The van der Waals surface area contributed by atoms with Crippen LogP contribution in [0.5, 0.6) is 0 Å². The predicted molar refractivity (Wildman–Crippen MR) is 83.7 cm³/mol. The van der Waals surface area contributed by atoms with E-state index in [1.807, 2.05) is 36.4 Å². The lowest BCUT2D eigenvalue weighted by atomic mass is 9.95. The highest BCUT2D eigenvalue weighted by molar-refractivity contribution is 5.81. The molecule has 3 nitrogen and oxygen atoms in total. The van der Waals surface area contributed by atoms with Gasteiger partial charge in [-0.2, -0.15) is 0 Å². The third-order valence-corrected chi connectivity index (χ3v) is 4.30. The van der Waals surface area contributed by atoms with Crippen LogP contribution in [0.25, 0.3) is 0 Å². The van der Waals surface area contributed by atoms with Crippen LogP contribution in [0.15, 0.2) is 60.7 Å². The highest BCUT2D eigenvalue weighted by Crippen LogP contribution is 2.47. The summed E-state index contributed by atoms with van der Waals surface area (Å²) in [5.41, 5.74) is 7.99. The molecule has 3 N–H and O–H groups in total. The lowest BCUT2D eigenvalue weighted by Crippen LogP contribution is -2.38. The van der Waals surface area contributed by atoms with Gasteiger partial charge in [-0.15, -0.1) is 0 Å². The van der Waals surface area contributed by atoms with Crippen LogP contribution < -0.4 is 11.1 Å². The first-order valence-corrected chi connectivity index (χ1v) is 7.34. The maximum absolute atomic E-state index is 11.7. The van der Waals surface area contributed by atoms with E-state index in [0.717, 1.165) is 24.9 Å². The second kappa shape index (κ2) is 5.70. The molecule has 0 spiro atoms. The van der Waals surface area contributed by atoms with Crippen molar-refractivity contribution in [2.75, 3.05) is 6.54 Å². The highest BCUT2D eigenvalue weighted by Gasteiger charge is 2.44. The van der Waals surface area contributed by atoms with Crippen LogP contribution in [0.4, 0.5) is 0 Å². The summed E-state index contributed by atoms with van der Waals surface area (Å²) in [6.07, 6.45) is 2.31. The summed E-state index contributed by atoms with van der Waals surface area (Å²) in [6, 6.07) is 19.7. The molecule has 0 unspecified atom stereocenters. The topological polar surface area (TPSA) is 55.1 Å². The second-order valence-corrected chi connectivity index (χ2v) is 5.77. The Balaban J connectivity index is 1.72. The maximum Gasteiger partial charge on any atom is 0.239 e. The number of primary amides is 1. The molecule has 3 heteroatoms. The molecule has 1 aliphatic carbocycles. The van der Waals surface area contributed by atoms with E-state index in [2.05, 4.69) is 29.6 Å². The molecule has 1 saturated carbocycles. The first-order valence-electron chi connectivity index (χ1n) is 7.34. The zero-order valence-corrected chi connectivity index (χ0v) is 12.0. The third kappa shape index (κ3) is 2.98. The van der Waals surface area contributed by atoms with Gasteiger partial charge in [-0.1, -0.05) is 60.7 Å². The summed E-state index contributed by atoms with van der Waals surface area (Å²) >= 11 is 0. The van der Waals surface area contributed by atoms with Crippen molar-refractivity contribution >= 4 is 5.91 Å². The van der Waals surface area contributed by atoms with Crippen LogP contribution in [0.2, 0.25) is 0 Å². The van der Waals surface area contributed by atoms with Gasteiger partial charge in [-0.25, -0.2) is 0 Å². The van der Waals surface area contributed by atoms with Crippen LogP contribution in [0, 0.1) is 0 Å². The van der Waals surface area contributed by atoms with Crippen LogP contribution >= 0.6 is 0 Å². The predicted octanol–water partition coefficient (Wildman–Crippen LogP) is 2.53. The molecule has 1 aliphatic rings. The summed E-state index contributed by atoms with van der Waals surface area (Å²) < 4.78 is 0. The van der Waals surface area contributed by atoms with Crippen molar-refractivity contribution < 1.29 is 4.79 Å². The highest BCUT2D eigenvalue weighted by atomic mass is 16.1. The number of carbonyl (C=O) groups excluding carboxylic acids is 1. The molecule has 0 aromatic heterocycles. The van der Waals surface area contributed by atoms with Gasteiger partial charge in [0.1, 0.15) is 6.04 Å². The number of benzene rings is 2. The molecule has 3 rings (SSSR count). The van der Waals surface area contributed by atoms with Crippen molar-refractivity contribution in [3.63, 3.8) is 0 Å². The van der Waals surface area contributed by atoms with Gasteiger partial charge in [-0.3, -0.25) is 4.79 Å². The Morgan fingerprint density at radius 1 is 1.05 bits per heavy atom. The Labute approximate surface area is 125 Å². The number of nitrogens with two attached hydrogens (primary N) is 1. The van der Waals surface area contributed by atoms with Gasteiger partial charge in [-0.05, 0) is 24.0 Å². The molecule has 0 bridgehead atoms. The average molecular weight is 280 g/mol. The Hall–Kier alpha value is -2.13. The third-order valence-electron chi connectivity index (χ3n) is 4.30. The molecule has 1 amide bonds. The Bertz CT molecular complexity index is 606. The van der Waals surface area contributed by atoms with Crippen molar-refractivity contribution in [2.45, 2.75) is 24.3 Å². The normalized spacial score (nSPS) is 17.1. The first kappa shape index (κ1) is 13.8. The van der Waals surface area contributed by atoms with Crippen molar-refractivity contribution in [1.29, 1.82) is 0 Å². The van der Waals surface area contributed by atoms with Crippen LogP contribution in [-0.2, 0) is 10.2 Å². The minimum atomic E-state index is -0.424. The molecule has 0 aliphatic heterocycles. The molecule has 0 saturated heterocycles. The Morgan fingerprint density at radius 3 is 2.14 bits per heavy atom. The molecule has 1 fully saturated rings. The summed E-state index contributed by atoms with van der Waals surface area (Å²) in [7, 11) is 0. The number of rotatable bonds is 6. The van der Waals surface area contributed by atoms with Gasteiger partial charge < -0.3 is 11.1 Å². The lowest BCUT2D eigenvalue weighted by molar-refractivity contribution is -0.120. The monoisotopic (exact) mass is 280 g/mol. The second-order valence-electron chi connectivity index (χ2n) is 5.77. The van der Waals surface area contributed by atoms with Gasteiger partial charge in [0.15, 0.2) is 0 Å². The van der Waals surface area contributed by atoms with E-state index < -0.39 is 6.04 Å². The van der Waals surface area contributed by atoms with Crippen LogP contribution in [0.3, 0.4) is 0 Å². The summed E-state index contributed by atoms with van der Waals surface area (Å²) in [4.78, 5) is 11.7. The number of nitrogens with one attached hydrogen (secondary N) is 1. The van der Waals surface area contributed by atoms with E-state index in [4.69, 9.17) is 5.73 Å². The molecule has 2 aromatic carbocycles. The molecule has 108 valence electrons. The zero-order valence-electron chi connectivity index (χ0n) is 12.0. The van der Waals surface area contributed by atoms with E-state index >= 15 is 0 Å². The fraction of sp³-hybridized carbons (Fsp3) is 0.278. The van der Waals surface area contributed by atoms with Gasteiger partial charge in [0, 0.05) is 12.0 Å². The van der Waals surface area contributed by atoms with Gasteiger partial charge in [0.25, 0.3) is 0 Å². The maximum atomic E-state index is 11.7. The molecule has 21 heavy (non-hydrogen) atoms. The molecule has 1 atom stereocenters. The van der Waals surface area contributed by atoms with Crippen LogP contribution in [-0.4, -0.2) is 12.5 Å². The van der Waals surface area contributed by atoms with E-state index in [1.165, 1.54) is 5.56 Å². The lowest BCUT2D eigenvalue weighted by Gasteiger charge is -2.21. The van der Waals surface area contributed by atoms with Gasteiger partial charge >= 0.3 is 0 Å². The Morgan fingerprint density at radius 2 is 1.62 bits per heavy atom. The molecule has 0 heterocycles. The summed E-state index contributed by atoms with van der Waals surface area (Å²) in [5.74, 6) is -0.329. The quantitative estimate of drug-likeness (QED) is 0.854. The SMILES string of the molecule is NC(=O)[C@@H](NCC1(c2ccccc2)CC1)c1ccccc1. The van der Waals surface area contributed by atoms with Crippen molar-refractivity contribution in [3.05, 3.63) is 71.8 Å². The number of amides is 1. The van der Waals surface area contributed by atoms with Gasteiger partial charge in [0.05, 0.1) is 0 Å². The van der Waals surface area contributed by atoms with Crippen molar-refractivity contribution in [3.8, 4) is 0 Å². The molecular weight excluding hydrogens is 260 g/mol. The zero-order chi connectivity index (χ0) is 14.7. The average Bonchev–Trinajstić information content (AvgIpc) is 3.30. The van der Waals surface area contributed by atoms with E-state index in [9.17, 15) is 4.79 Å². The number of hydrogen-bond donors (Lipinski definition) is 2. The van der Waals surface area contributed by atoms with E-state index in [0.29, 0.717) is 0 Å².